The van der Waals surface area contributed by atoms with Gasteiger partial charge in [-0.3, -0.25) is 0 Å². The Morgan fingerprint density at radius 3 is 2.54 bits per heavy atom. The average Bonchev–Trinajstić information content (AvgIpc) is 3.32. The molecule has 0 spiro atoms. The molecule has 1 fully saturated rings. The summed E-state index contributed by atoms with van der Waals surface area (Å²) in [5.41, 5.74) is 3.34. The number of nitrogens with zero attached hydrogens (tertiary/aromatic N) is 4. The van der Waals surface area contributed by atoms with Crippen molar-refractivity contribution in [2.24, 2.45) is 0 Å². The van der Waals surface area contributed by atoms with Gasteiger partial charge in [-0.25, -0.2) is 4.98 Å². The fourth-order valence-corrected chi connectivity index (χ4v) is 4.69. The van der Waals surface area contributed by atoms with Crippen LogP contribution in [-0.2, 0) is 0 Å². The predicted molar refractivity (Wildman–Crippen MR) is 111 cm³/mol. The van der Waals surface area contributed by atoms with E-state index in [1.807, 2.05) is 18.2 Å². The third-order valence-electron chi connectivity index (χ3n) is 4.90. The zero-order chi connectivity index (χ0) is 17.7. The molecule has 0 aliphatic carbocycles. The summed E-state index contributed by atoms with van der Waals surface area (Å²) >= 11 is 13.9. The van der Waals surface area contributed by atoms with Crippen LogP contribution in [0.25, 0.3) is 15.9 Å². The molecule has 7 heteroatoms. The normalized spacial score (nSPS) is 15.3. The number of aromatic nitrogens is 2. The van der Waals surface area contributed by atoms with Crippen LogP contribution in [0.1, 0.15) is 0 Å². The summed E-state index contributed by atoms with van der Waals surface area (Å²) in [5.74, 6) is 1.06. The Hall–Kier alpha value is -1.95. The second-order valence-electron chi connectivity index (χ2n) is 6.38. The fourth-order valence-electron chi connectivity index (χ4n) is 3.56. The zero-order valence-electron chi connectivity index (χ0n) is 13.9. The van der Waals surface area contributed by atoms with E-state index in [0.717, 1.165) is 43.2 Å². The number of anilines is 2. The Morgan fingerprint density at radius 1 is 0.923 bits per heavy atom. The Balaban J connectivity index is 1.43. The van der Waals surface area contributed by atoms with Gasteiger partial charge in [0.2, 0.25) is 0 Å². The quantitative estimate of drug-likeness (QED) is 0.461. The van der Waals surface area contributed by atoms with E-state index < -0.39 is 0 Å². The van der Waals surface area contributed by atoms with Gasteiger partial charge in [-0.05, 0) is 41.8 Å². The van der Waals surface area contributed by atoms with Gasteiger partial charge in [0, 0.05) is 38.1 Å². The minimum atomic E-state index is 0.595. The maximum absolute atomic E-state index is 6.17. The Labute approximate surface area is 165 Å². The smallest absolute Gasteiger partial charge is 0.153 e. The Kier molecular flexibility index (Phi) is 3.96. The number of piperazine rings is 1. The third-order valence-corrected chi connectivity index (χ3v) is 6.54. The van der Waals surface area contributed by atoms with Gasteiger partial charge in [0.05, 0.1) is 15.6 Å². The van der Waals surface area contributed by atoms with Crippen LogP contribution >= 0.6 is 34.5 Å². The maximum Gasteiger partial charge on any atom is 0.153 e. The minimum Gasteiger partial charge on any atom is -0.368 e. The first-order valence-corrected chi connectivity index (χ1v) is 10.1. The molecule has 132 valence electrons. The van der Waals surface area contributed by atoms with Gasteiger partial charge in [-0.15, -0.1) is 11.3 Å². The van der Waals surface area contributed by atoms with Gasteiger partial charge in [0.1, 0.15) is 10.3 Å². The van der Waals surface area contributed by atoms with Crippen molar-refractivity contribution in [3.8, 4) is 0 Å². The second kappa shape index (κ2) is 6.34. The summed E-state index contributed by atoms with van der Waals surface area (Å²) in [6, 6.07) is 12.2. The molecule has 26 heavy (non-hydrogen) atoms. The van der Waals surface area contributed by atoms with Gasteiger partial charge in [0.15, 0.2) is 5.82 Å². The number of halogens is 2. The number of thiophene rings is 1. The third kappa shape index (κ3) is 2.62. The van der Waals surface area contributed by atoms with Crippen molar-refractivity contribution in [2.45, 2.75) is 0 Å². The van der Waals surface area contributed by atoms with E-state index in [-0.39, 0.29) is 0 Å². The fraction of sp³-hybridized carbons (Fsp3) is 0.211. The highest BCUT2D eigenvalue weighted by Crippen LogP contribution is 2.31. The number of rotatable bonds is 2. The first kappa shape index (κ1) is 16.2. The van der Waals surface area contributed by atoms with Crippen molar-refractivity contribution in [3.63, 3.8) is 0 Å². The van der Waals surface area contributed by atoms with Crippen molar-refractivity contribution in [3.05, 3.63) is 58.0 Å². The van der Waals surface area contributed by atoms with E-state index in [2.05, 4.69) is 44.0 Å². The SMILES string of the molecule is Clc1ccc(N2CCN(c3nc4ccsc4n4cccc34)CC2)cc1Cl. The van der Waals surface area contributed by atoms with E-state index in [1.54, 1.807) is 11.3 Å². The van der Waals surface area contributed by atoms with Crippen LogP contribution in [0.5, 0.6) is 0 Å². The van der Waals surface area contributed by atoms with Crippen LogP contribution in [0.3, 0.4) is 0 Å². The van der Waals surface area contributed by atoms with E-state index in [4.69, 9.17) is 28.2 Å². The predicted octanol–water partition coefficient (Wildman–Crippen LogP) is 5.18. The molecule has 0 N–H and O–H groups in total. The van der Waals surface area contributed by atoms with Crippen LogP contribution in [0.4, 0.5) is 11.5 Å². The van der Waals surface area contributed by atoms with E-state index in [9.17, 15) is 0 Å². The first-order chi connectivity index (χ1) is 12.7. The molecule has 0 atom stereocenters. The van der Waals surface area contributed by atoms with Gasteiger partial charge >= 0.3 is 0 Å². The lowest BCUT2D eigenvalue weighted by Gasteiger charge is -2.37. The number of fused-ring (bicyclic) bond motifs is 3. The average molecular weight is 403 g/mol. The molecule has 1 aromatic carbocycles. The molecule has 0 bridgehead atoms. The van der Waals surface area contributed by atoms with E-state index in [0.29, 0.717) is 10.0 Å². The molecule has 5 rings (SSSR count). The Bertz CT molecular complexity index is 1100. The molecular formula is C19H16Cl2N4S. The standard InChI is InChI=1S/C19H16Cl2N4S/c20-14-4-3-13(12-15(14)21)23-7-9-24(10-8-23)18-17-2-1-6-25(17)19-16(22-18)5-11-26-19/h1-6,11-12H,7-10H2. The second-order valence-corrected chi connectivity index (χ2v) is 8.09. The Morgan fingerprint density at radius 2 is 1.73 bits per heavy atom. The lowest BCUT2D eigenvalue weighted by Crippen LogP contribution is -2.47. The van der Waals surface area contributed by atoms with E-state index >= 15 is 0 Å². The number of benzene rings is 1. The summed E-state index contributed by atoms with van der Waals surface area (Å²) in [6.45, 7) is 3.69. The largest absolute Gasteiger partial charge is 0.368 e. The lowest BCUT2D eigenvalue weighted by molar-refractivity contribution is 0.649. The molecule has 0 amide bonds. The summed E-state index contributed by atoms with van der Waals surface area (Å²) in [4.78, 5) is 10.9. The molecule has 0 unspecified atom stereocenters. The van der Waals surface area contributed by atoms with Gasteiger partial charge < -0.3 is 14.2 Å². The lowest BCUT2D eigenvalue weighted by atomic mass is 10.2. The van der Waals surface area contributed by atoms with Crippen molar-refractivity contribution < 1.29 is 0 Å². The highest BCUT2D eigenvalue weighted by molar-refractivity contribution is 7.16. The molecule has 4 heterocycles. The highest BCUT2D eigenvalue weighted by atomic mass is 35.5. The van der Waals surface area contributed by atoms with Crippen LogP contribution in [-0.4, -0.2) is 35.6 Å². The van der Waals surface area contributed by atoms with Gasteiger partial charge in [-0.1, -0.05) is 23.2 Å². The molecule has 1 aliphatic rings. The minimum absolute atomic E-state index is 0.595. The number of hydrogen-bond acceptors (Lipinski definition) is 4. The van der Waals surface area contributed by atoms with Crippen LogP contribution in [0.15, 0.2) is 48.0 Å². The first-order valence-electron chi connectivity index (χ1n) is 8.50. The van der Waals surface area contributed by atoms with Crippen LogP contribution in [0, 0.1) is 0 Å². The summed E-state index contributed by atoms with van der Waals surface area (Å²) in [5, 5.41) is 3.30. The van der Waals surface area contributed by atoms with Crippen molar-refractivity contribution >= 4 is 61.9 Å². The van der Waals surface area contributed by atoms with Crippen LogP contribution < -0.4 is 9.80 Å². The summed E-state index contributed by atoms with van der Waals surface area (Å²) in [6.07, 6.45) is 2.12. The molecular weight excluding hydrogens is 387 g/mol. The number of hydrogen-bond donors (Lipinski definition) is 0. The summed E-state index contributed by atoms with van der Waals surface area (Å²) in [7, 11) is 0. The molecule has 4 nitrogen and oxygen atoms in total. The highest BCUT2D eigenvalue weighted by Gasteiger charge is 2.21. The van der Waals surface area contributed by atoms with Gasteiger partial charge in [-0.2, -0.15) is 0 Å². The van der Waals surface area contributed by atoms with Crippen LogP contribution in [0.2, 0.25) is 10.0 Å². The van der Waals surface area contributed by atoms with Crippen molar-refractivity contribution in [1.82, 2.24) is 9.38 Å². The van der Waals surface area contributed by atoms with E-state index in [1.165, 1.54) is 10.3 Å². The zero-order valence-corrected chi connectivity index (χ0v) is 16.2. The summed E-state index contributed by atoms with van der Waals surface area (Å²) < 4.78 is 2.24. The molecule has 3 aromatic heterocycles. The molecule has 0 radical (unpaired) electrons. The molecule has 0 saturated carbocycles. The molecule has 1 aliphatic heterocycles. The maximum atomic E-state index is 6.17. The molecule has 1 saturated heterocycles. The van der Waals surface area contributed by atoms with Crippen molar-refractivity contribution in [1.29, 1.82) is 0 Å². The monoisotopic (exact) mass is 402 g/mol. The topological polar surface area (TPSA) is 23.8 Å². The molecule has 4 aromatic rings. The van der Waals surface area contributed by atoms with Gasteiger partial charge in [0.25, 0.3) is 0 Å². The van der Waals surface area contributed by atoms with Crippen molar-refractivity contribution in [2.75, 3.05) is 36.0 Å².